The van der Waals surface area contributed by atoms with E-state index in [1.165, 1.54) is 90.6 Å². The second kappa shape index (κ2) is 17.9. The highest BCUT2D eigenvalue weighted by atomic mass is 16.9. The lowest BCUT2D eigenvalue weighted by Crippen LogP contribution is -2.15. The molecule has 0 aromatic heterocycles. The van der Waals surface area contributed by atoms with E-state index >= 15 is 0 Å². The maximum absolute atomic E-state index is 10.8. The van der Waals surface area contributed by atoms with E-state index in [1.54, 1.807) is 0 Å². The number of unbranched alkanes of at least 4 members (excludes halogenated alkanes) is 14. The number of hydrogen-bond donors (Lipinski definition) is 0. The molecule has 0 N–H and O–H groups in total. The number of hydrogen-bond acceptors (Lipinski definition) is 3. The molecule has 0 rings (SSSR count). The summed E-state index contributed by atoms with van der Waals surface area (Å²) in [4.78, 5) is 4.55. The highest BCUT2D eigenvalue weighted by Crippen LogP contribution is 2.13. The number of hydroxylamine groups is 2. The van der Waals surface area contributed by atoms with Crippen LogP contribution in [0.15, 0.2) is 0 Å². The Morgan fingerprint density at radius 1 is 0.619 bits per heavy atom. The van der Waals surface area contributed by atoms with Gasteiger partial charge in [-0.1, -0.05) is 96.8 Å². The summed E-state index contributed by atoms with van der Waals surface area (Å²) >= 11 is 0. The van der Waals surface area contributed by atoms with Crippen molar-refractivity contribution >= 4 is 0 Å². The maximum Gasteiger partial charge on any atom is 0.0563 e. The Labute approximate surface area is 133 Å². The van der Waals surface area contributed by atoms with E-state index in [4.69, 9.17) is 0 Å². The van der Waals surface area contributed by atoms with Crippen molar-refractivity contribution in [3.8, 4) is 0 Å². The van der Waals surface area contributed by atoms with Crippen LogP contribution < -0.4 is 0 Å². The summed E-state index contributed by atoms with van der Waals surface area (Å²) in [5, 5.41) is 11.5. The van der Waals surface area contributed by atoms with Crippen LogP contribution >= 0.6 is 0 Å². The zero-order chi connectivity index (χ0) is 15.6. The summed E-state index contributed by atoms with van der Waals surface area (Å²) in [6, 6.07) is 0. The molecule has 3 heteroatoms. The normalized spacial score (nSPS) is 11.4. The van der Waals surface area contributed by atoms with Crippen molar-refractivity contribution in [2.45, 2.75) is 103 Å². The molecule has 0 spiro atoms. The monoisotopic (exact) mass is 300 g/mol. The predicted octanol–water partition coefficient (Wildman–Crippen LogP) is 6.22. The van der Waals surface area contributed by atoms with Gasteiger partial charge in [-0.2, -0.15) is 0 Å². The van der Waals surface area contributed by atoms with E-state index in [9.17, 15) is 5.21 Å². The van der Waals surface area contributed by atoms with E-state index in [0.717, 1.165) is 12.8 Å². The van der Waals surface area contributed by atoms with Gasteiger partial charge in [0.25, 0.3) is 0 Å². The Morgan fingerprint density at radius 2 is 0.952 bits per heavy atom. The first kappa shape index (κ1) is 20.9. The first-order valence-corrected chi connectivity index (χ1v) is 9.30. The van der Waals surface area contributed by atoms with Crippen LogP contribution in [0, 0.1) is 5.21 Å². The van der Waals surface area contributed by atoms with Crippen molar-refractivity contribution < 1.29 is 4.84 Å². The molecule has 0 fully saturated rings. The largest absolute Gasteiger partial charge is 0.762 e. The van der Waals surface area contributed by atoms with Crippen LogP contribution in [0.4, 0.5) is 0 Å². The lowest BCUT2D eigenvalue weighted by molar-refractivity contribution is -0.0881. The molecule has 0 heterocycles. The molecule has 0 aliphatic heterocycles. The third-order valence-corrected chi connectivity index (χ3v) is 4.15. The van der Waals surface area contributed by atoms with Crippen LogP contribution in [0.25, 0.3) is 0 Å². The molecule has 0 aromatic rings. The number of nitrogens with zero attached hydrogens (tertiary/aromatic N) is 1. The zero-order valence-electron chi connectivity index (χ0n) is 14.6. The van der Waals surface area contributed by atoms with Crippen molar-refractivity contribution in [2.24, 2.45) is 0 Å². The highest BCUT2D eigenvalue weighted by Gasteiger charge is 1.94. The van der Waals surface area contributed by atoms with E-state index < -0.39 is 0 Å². The van der Waals surface area contributed by atoms with Gasteiger partial charge in [-0.15, -0.1) is 0 Å². The van der Waals surface area contributed by atoms with Gasteiger partial charge in [0.05, 0.1) is 7.11 Å². The molecule has 0 aliphatic carbocycles. The van der Waals surface area contributed by atoms with E-state index in [0.29, 0.717) is 11.8 Å². The Kier molecular flexibility index (Phi) is 17.8. The smallest absolute Gasteiger partial charge is 0.0563 e. The Bertz CT molecular complexity index is 188. The average Bonchev–Trinajstić information content (AvgIpc) is 2.50. The third-order valence-electron chi connectivity index (χ3n) is 4.15. The van der Waals surface area contributed by atoms with Crippen LogP contribution in [0.3, 0.4) is 0 Å². The molecule has 21 heavy (non-hydrogen) atoms. The topological polar surface area (TPSA) is 35.5 Å². The predicted molar refractivity (Wildman–Crippen MR) is 92.0 cm³/mol. The van der Waals surface area contributed by atoms with Crippen LogP contribution in [-0.2, 0) is 4.84 Å². The molecule has 0 saturated heterocycles. The van der Waals surface area contributed by atoms with Crippen LogP contribution in [-0.4, -0.2) is 18.9 Å². The summed E-state index contributed by atoms with van der Waals surface area (Å²) in [7, 11) is 1.43. The molecule has 0 aromatic carbocycles. The molecule has 0 bridgehead atoms. The first-order chi connectivity index (χ1) is 10.3. The molecule has 128 valence electrons. The Balaban J connectivity index is 2.96. The SMILES string of the molecule is CCCCCCCCCCCCCCCCCN([O-])OC. The molecule has 3 nitrogen and oxygen atoms in total. The summed E-state index contributed by atoms with van der Waals surface area (Å²) in [5.41, 5.74) is 0. The van der Waals surface area contributed by atoms with E-state index in [-0.39, 0.29) is 0 Å². The summed E-state index contributed by atoms with van der Waals surface area (Å²) in [5.74, 6) is 0. The molecule has 0 unspecified atom stereocenters. The molecule has 0 atom stereocenters. The number of rotatable bonds is 17. The molecular weight excluding hydrogens is 262 g/mol. The molecule has 0 saturated carbocycles. The van der Waals surface area contributed by atoms with Gasteiger partial charge in [-0.3, -0.25) is 5.23 Å². The first-order valence-electron chi connectivity index (χ1n) is 9.30. The minimum Gasteiger partial charge on any atom is -0.762 e. The van der Waals surface area contributed by atoms with Crippen LogP contribution in [0.2, 0.25) is 0 Å². The summed E-state index contributed by atoms with van der Waals surface area (Å²) in [6.07, 6.45) is 20.2. The average molecular weight is 301 g/mol. The standard InChI is InChI=1S/C18H38NO2/c1-3-4-5-6-7-8-9-10-11-12-13-14-15-16-17-18-19(20)21-2/h3-18H2,1-2H3/q-1. The minimum absolute atomic E-state index is 0.509. The van der Waals surface area contributed by atoms with Crippen molar-refractivity contribution in [1.29, 1.82) is 0 Å². The lowest BCUT2D eigenvalue weighted by Gasteiger charge is -2.24. The Hall–Kier alpha value is -0.120. The summed E-state index contributed by atoms with van der Waals surface area (Å²) < 4.78 is 0. The van der Waals surface area contributed by atoms with Crippen LogP contribution in [0.1, 0.15) is 103 Å². The molecule has 0 aliphatic rings. The van der Waals surface area contributed by atoms with Gasteiger partial charge in [0.2, 0.25) is 0 Å². The van der Waals surface area contributed by atoms with Gasteiger partial charge in [-0.05, 0) is 6.42 Å². The Morgan fingerprint density at radius 3 is 1.29 bits per heavy atom. The van der Waals surface area contributed by atoms with E-state index in [2.05, 4.69) is 11.8 Å². The fraction of sp³-hybridized carbons (Fsp3) is 1.00. The molecule has 0 radical (unpaired) electrons. The quantitative estimate of drug-likeness (QED) is 0.236. The van der Waals surface area contributed by atoms with Gasteiger partial charge < -0.3 is 10.0 Å². The zero-order valence-corrected chi connectivity index (χ0v) is 14.6. The lowest BCUT2D eigenvalue weighted by atomic mass is 10.0. The molecule has 0 amide bonds. The van der Waals surface area contributed by atoms with Crippen molar-refractivity contribution in [1.82, 2.24) is 5.23 Å². The van der Waals surface area contributed by atoms with E-state index in [1.807, 2.05) is 0 Å². The van der Waals surface area contributed by atoms with Gasteiger partial charge in [-0.25, -0.2) is 0 Å². The van der Waals surface area contributed by atoms with Crippen LogP contribution in [0.5, 0.6) is 0 Å². The fourth-order valence-electron chi connectivity index (χ4n) is 2.70. The molecular formula is C18H38NO2-. The highest BCUT2D eigenvalue weighted by molar-refractivity contribution is 4.51. The third kappa shape index (κ3) is 17.8. The van der Waals surface area contributed by atoms with Crippen molar-refractivity contribution in [2.75, 3.05) is 13.7 Å². The van der Waals surface area contributed by atoms with Crippen molar-refractivity contribution in [3.63, 3.8) is 0 Å². The van der Waals surface area contributed by atoms with Gasteiger partial charge >= 0.3 is 0 Å². The second-order valence-corrected chi connectivity index (χ2v) is 6.19. The van der Waals surface area contributed by atoms with Crippen molar-refractivity contribution in [3.05, 3.63) is 5.21 Å². The maximum atomic E-state index is 10.8. The fourth-order valence-corrected chi connectivity index (χ4v) is 2.70. The second-order valence-electron chi connectivity index (χ2n) is 6.19. The van der Waals surface area contributed by atoms with Gasteiger partial charge in [0.1, 0.15) is 0 Å². The summed E-state index contributed by atoms with van der Waals surface area (Å²) in [6.45, 7) is 2.78. The van der Waals surface area contributed by atoms with Gasteiger partial charge in [0, 0.05) is 6.54 Å². The minimum atomic E-state index is 0.509. The van der Waals surface area contributed by atoms with Gasteiger partial charge in [0.15, 0.2) is 0 Å².